The molecule has 1 aromatic carbocycles. The Morgan fingerprint density at radius 2 is 1.67 bits per heavy atom. The first-order valence-corrected chi connectivity index (χ1v) is 8.88. The van der Waals surface area contributed by atoms with Crippen molar-refractivity contribution in [3.05, 3.63) is 30.3 Å². The number of benzene rings is 1. The summed E-state index contributed by atoms with van der Waals surface area (Å²) in [5, 5.41) is 11.0. The third-order valence-corrected chi connectivity index (χ3v) is 6.77. The molecular weight excluding hydrogens is 200 g/mol. The van der Waals surface area contributed by atoms with Gasteiger partial charge in [-0.25, -0.2) is 0 Å². The summed E-state index contributed by atoms with van der Waals surface area (Å²) in [7, 11) is -1.37. The van der Waals surface area contributed by atoms with E-state index >= 15 is 0 Å². The third-order valence-electron chi connectivity index (χ3n) is 3.21. The van der Waals surface area contributed by atoms with Crippen LogP contribution in [0.5, 0.6) is 0 Å². The Morgan fingerprint density at radius 1 is 1.13 bits per heavy atom. The zero-order chi connectivity index (χ0) is 11.5. The van der Waals surface area contributed by atoms with Crippen molar-refractivity contribution in [1.29, 1.82) is 0 Å². The second-order valence-electron chi connectivity index (χ2n) is 5.17. The molecule has 0 radical (unpaired) electrons. The highest BCUT2D eigenvalue weighted by atomic mass is 28.3. The van der Waals surface area contributed by atoms with Crippen LogP contribution in [0.4, 0.5) is 0 Å². The fraction of sp³-hybridized carbons (Fsp3) is 0.538. The van der Waals surface area contributed by atoms with E-state index in [1.807, 2.05) is 6.92 Å². The predicted octanol–water partition coefficient (Wildman–Crippen LogP) is 2.62. The average molecular weight is 222 g/mol. The third kappa shape index (κ3) is 3.47. The largest absolute Gasteiger partial charge is 0.393 e. The molecule has 0 fully saturated rings. The summed E-state index contributed by atoms with van der Waals surface area (Å²) in [5.74, 6) is 0.395. The topological polar surface area (TPSA) is 20.2 Å². The molecule has 1 rings (SSSR count). The molecule has 0 aromatic heterocycles. The molecular formula is C13H22OSi. The molecule has 0 bridgehead atoms. The van der Waals surface area contributed by atoms with Crippen molar-refractivity contribution in [3.8, 4) is 0 Å². The molecule has 0 saturated carbocycles. The number of rotatable bonds is 4. The van der Waals surface area contributed by atoms with Crippen LogP contribution in [0.25, 0.3) is 0 Å². The van der Waals surface area contributed by atoms with E-state index in [0.717, 1.165) is 6.04 Å². The molecule has 2 atom stereocenters. The van der Waals surface area contributed by atoms with Gasteiger partial charge in [0.15, 0.2) is 0 Å². The maximum Gasteiger partial charge on any atom is 0.0809 e. The van der Waals surface area contributed by atoms with Crippen LogP contribution in [0, 0.1) is 5.92 Å². The molecule has 0 amide bonds. The second-order valence-corrected chi connectivity index (χ2v) is 9.93. The van der Waals surface area contributed by atoms with Gasteiger partial charge in [0.2, 0.25) is 0 Å². The summed E-state index contributed by atoms with van der Waals surface area (Å²) in [6.45, 7) is 8.78. The van der Waals surface area contributed by atoms with E-state index in [0.29, 0.717) is 5.92 Å². The van der Waals surface area contributed by atoms with Crippen molar-refractivity contribution in [2.75, 3.05) is 0 Å². The highest BCUT2D eigenvalue weighted by Crippen LogP contribution is 2.19. The quantitative estimate of drug-likeness (QED) is 0.777. The summed E-state index contributed by atoms with van der Waals surface area (Å²) in [6, 6.07) is 11.9. The lowest BCUT2D eigenvalue weighted by Crippen LogP contribution is -2.43. The van der Waals surface area contributed by atoms with Crippen LogP contribution in [-0.4, -0.2) is 19.3 Å². The minimum atomic E-state index is -1.37. The highest BCUT2D eigenvalue weighted by Gasteiger charge is 2.27. The average Bonchev–Trinajstić information content (AvgIpc) is 2.18. The molecule has 1 nitrogen and oxygen atoms in total. The monoisotopic (exact) mass is 222 g/mol. The van der Waals surface area contributed by atoms with E-state index in [1.54, 1.807) is 0 Å². The first-order chi connectivity index (χ1) is 6.93. The molecule has 0 saturated heterocycles. The fourth-order valence-electron chi connectivity index (χ4n) is 1.98. The van der Waals surface area contributed by atoms with Gasteiger partial charge in [-0.3, -0.25) is 0 Å². The summed E-state index contributed by atoms with van der Waals surface area (Å²) in [4.78, 5) is 0. The molecule has 1 aromatic rings. The summed E-state index contributed by atoms with van der Waals surface area (Å²) in [5.41, 5.74) is 0. The van der Waals surface area contributed by atoms with Crippen molar-refractivity contribution in [3.63, 3.8) is 0 Å². The van der Waals surface area contributed by atoms with Gasteiger partial charge in [-0.1, -0.05) is 55.5 Å². The van der Waals surface area contributed by atoms with Crippen molar-refractivity contribution in [2.45, 2.75) is 39.1 Å². The molecule has 2 unspecified atom stereocenters. The fourth-order valence-corrected chi connectivity index (χ4v) is 5.26. The van der Waals surface area contributed by atoms with Gasteiger partial charge in [0.1, 0.15) is 0 Å². The Labute approximate surface area is 94.2 Å². The van der Waals surface area contributed by atoms with Crippen molar-refractivity contribution in [1.82, 2.24) is 0 Å². The van der Waals surface area contributed by atoms with Gasteiger partial charge in [-0.05, 0) is 18.9 Å². The maximum absolute atomic E-state index is 9.55. The van der Waals surface area contributed by atoms with Crippen LogP contribution in [-0.2, 0) is 0 Å². The highest BCUT2D eigenvalue weighted by molar-refractivity contribution is 6.89. The number of aliphatic hydroxyl groups excluding tert-OH is 1. The molecule has 1 N–H and O–H groups in total. The number of hydrogen-bond donors (Lipinski definition) is 1. The number of hydrogen-bond acceptors (Lipinski definition) is 1. The molecule has 15 heavy (non-hydrogen) atoms. The summed E-state index contributed by atoms with van der Waals surface area (Å²) < 4.78 is 0. The lowest BCUT2D eigenvalue weighted by atomic mass is 10.1. The van der Waals surface area contributed by atoms with Crippen LogP contribution in [0.1, 0.15) is 13.8 Å². The van der Waals surface area contributed by atoms with E-state index in [1.165, 1.54) is 5.19 Å². The molecule has 0 heterocycles. The zero-order valence-corrected chi connectivity index (χ0v) is 11.2. The van der Waals surface area contributed by atoms with E-state index < -0.39 is 8.07 Å². The van der Waals surface area contributed by atoms with Crippen LogP contribution >= 0.6 is 0 Å². The minimum Gasteiger partial charge on any atom is -0.393 e. The second kappa shape index (κ2) is 4.95. The summed E-state index contributed by atoms with van der Waals surface area (Å²) in [6.07, 6.45) is -0.194. The lowest BCUT2D eigenvalue weighted by molar-refractivity contribution is 0.144. The van der Waals surface area contributed by atoms with Gasteiger partial charge in [-0.2, -0.15) is 0 Å². The Kier molecular flexibility index (Phi) is 4.11. The van der Waals surface area contributed by atoms with E-state index in [-0.39, 0.29) is 6.10 Å². The van der Waals surface area contributed by atoms with Crippen molar-refractivity contribution >= 4 is 13.3 Å². The first kappa shape index (κ1) is 12.5. The van der Waals surface area contributed by atoms with Crippen LogP contribution in [0.15, 0.2) is 30.3 Å². The Morgan fingerprint density at radius 3 is 2.13 bits per heavy atom. The zero-order valence-electron chi connectivity index (χ0n) is 10.2. The number of aliphatic hydroxyl groups is 1. The first-order valence-electron chi connectivity index (χ1n) is 5.67. The smallest absolute Gasteiger partial charge is 0.0809 e. The maximum atomic E-state index is 9.55. The van der Waals surface area contributed by atoms with Gasteiger partial charge in [0, 0.05) is 0 Å². The normalized spacial score (nSPS) is 16.1. The SMILES string of the molecule is CC(O)C(C)C[Si](C)(C)c1ccccc1. The van der Waals surface area contributed by atoms with Crippen molar-refractivity contribution < 1.29 is 5.11 Å². The lowest BCUT2D eigenvalue weighted by Gasteiger charge is -2.28. The predicted molar refractivity (Wildman–Crippen MR) is 69.2 cm³/mol. The van der Waals surface area contributed by atoms with E-state index in [2.05, 4.69) is 50.3 Å². The molecule has 84 valence electrons. The molecule has 0 aliphatic heterocycles. The molecule has 0 aliphatic carbocycles. The van der Waals surface area contributed by atoms with Gasteiger partial charge in [0.25, 0.3) is 0 Å². The van der Waals surface area contributed by atoms with Crippen LogP contribution < -0.4 is 5.19 Å². The standard InChI is InChI=1S/C13H22OSi/c1-11(12(2)14)10-15(3,4)13-8-6-5-7-9-13/h5-9,11-12,14H,10H2,1-4H3. The Balaban J connectivity index is 2.75. The van der Waals surface area contributed by atoms with Crippen molar-refractivity contribution in [2.24, 2.45) is 5.92 Å². The minimum absolute atomic E-state index is 0.194. The van der Waals surface area contributed by atoms with Gasteiger partial charge < -0.3 is 5.11 Å². The van der Waals surface area contributed by atoms with Gasteiger partial charge >= 0.3 is 0 Å². The van der Waals surface area contributed by atoms with Crippen LogP contribution in [0.3, 0.4) is 0 Å². The molecule has 0 aliphatic rings. The van der Waals surface area contributed by atoms with Gasteiger partial charge in [-0.15, -0.1) is 0 Å². The van der Waals surface area contributed by atoms with E-state index in [4.69, 9.17) is 0 Å². The Hall–Kier alpha value is -0.603. The summed E-state index contributed by atoms with van der Waals surface area (Å²) >= 11 is 0. The molecule has 0 spiro atoms. The Bertz CT molecular complexity index is 293. The van der Waals surface area contributed by atoms with Crippen LogP contribution in [0.2, 0.25) is 19.1 Å². The van der Waals surface area contributed by atoms with Gasteiger partial charge in [0.05, 0.1) is 14.2 Å². The molecule has 2 heteroatoms. The van der Waals surface area contributed by atoms with E-state index in [9.17, 15) is 5.11 Å².